The van der Waals surface area contributed by atoms with Gasteiger partial charge in [0, 0.05) is 11.6 Å². The van der Waals surface area contributed by atoms with E-state index >= 15 is 0 Å². The van der Waals surface area contributed by atoms with Crippen LogP contribution in [0.1, 0.15) is 15.9 Å². The predicted octanol–water partition coefficient (Wildman–Crippen LogP) is 4.43. The first kappa shape index (κ1) is 23.2. The van der Waals surface area contributed by atoms with E-state index in [1.165, 1.54) is 54.7 Å². The maximum absolute atomic E-state index is 12.5. The van der Waals surface area contributed by atoms with Gasteiger partial charge in [-0.3, -0.25) is 14.9 Å². The first-order valence-electron chi connectivity index (χ1n) is 8.74. The number of nitrogens with zero attached hydrogens (tertiary/aromatic N) is 2. The molecule has 3 aromatic rings. The number of halogens is 2. The highest BCUT2D eigenvalue weighted by molar-refractivity contribution is 7.87. The average Bonchev–Trinajstić information content (AvgIpc) is 2.75. The molecule has 32 heavy (non-hydrogen) atoms. The number of para-hydroxylation sites is 1. The summed E-state index contributed by atoms with van der Waals surface area (Å²) < 4.78 is 30.1. The van der Waals surface area contributed by atoms with Gasteiger partial charge in [-0.25, -0.2) is 5.43 Å². The van der Waals surface area contributed by atoms with Crippen LogP contribution in [0.3, 0.4) is 0 Å². The number of hydrogen-bond acceptors (Lipinski definition) is 7. The van der Waals surface area contributed by atoms with Gasteiger partial charge in [-0.05, 0) is 42.0 Å². The maximum Gasteiger partial charge on any atom is 0.346 e. The molecule has 0 aliphatic carbocycles. The van der Waals surface area contributed by atoms with Crippen molar-refractivity contribution in [2.45, 2.75) is 4.90 Å². The van der Waals surface area contributed by atoms with E-state index in [9.17, 15) is 23.3 Å². The van der Waals surface area contributed by atoms with Crippen LogP contribution >= 0.6 is 23.2 Å². The lowest BCUT2D eigenvalue weighted by Crippen LogP contribution is -2.17. The number of hydrazone groups is 1. The zero-order valence-corrected chi connectivity index (χ0v) is 18.3. The predicted molar refractivity (Wildman–Crippen MR) is 119 cm³/mol. The van der Waals surface area contributed by atoms with Crippen molar-refractivity contribution in [1.29, 1.82) is 0 Å². The van der Waals surface area contributed by atoms with E-state index in [0.29, 0.717) is 10.6 Å². The molecule has 12 heteroatoms. The molecule has 1 amide bonds. The van der Waals surface area contributed by atoms with Gasteiger partial charge in [0.1, 0.15) is 5.75 Å². The third-order valence-corrected chi connectivity index (χ3v) is 5.99. The van der Waals surface area contributed by atoms with Crippen LogP contribution in [0.25, 0.3) is 0 Å². The van der Waals surface area contributed by atoms with Crippen molar-refractivity contribution in [3.8, 4) is 5.75 Å². The molecule has 0 spiro atoms. The molecule has 0 unspecified atom stereocenters. The Hall–Kier alpha value is -3.47. The second-order valence-electron chi connectivity index (χ2n) is 6.16. The molecule has 3 rings (SSSR count). The summed E-state index contributed by atoms with van der Waals surface area (Å²) in [6.45, 7) is 0. The van der Waals surface area contributed by atoms with E-state index in [4.69, 9.17) is 27.4 Å². The van der Waals surface area contributed by atoms with Crippen LogP contribution in [0.2, 0.25) is 10.0 Å². The summed E-state index contributed by atoms with van der Waals surface area (Å²) in [5.74, 6) is -0.630. The van der Waals surface area contributed by atoms with Crippen LogP contribution in [-0.4, -0.2) is 25.5 Å². The van der Waals surface area contributed by atoms with Crippen molar-refractivity contribution < 1.29 is 22.3 Å². The van der Waals surface area contributed by atoms with Gasteiger partial charge >= 0.3 is 10.1 Å². The van der Waals surface area contributed by atoms with Crippen LogP contribution in [-0.2, 0) is 10.1 Å². The van der Waals surface area contributed by atoms with Gasteiger partial charge in [0.2, 0.25) is 0 Å². The zero-order valence-electron chi connectivity index (χ0n) is 15.9. The molecule has 1 N–H and O–H groups in total. The molecule has 0 radical (unpaired) electrons. The minimum Gasteiger partial charge on any atom is -0.379 e. The number of carbonyl (C=O) groups excluding carboxylic acids is 1. The minimum absolute atomic E-state index is 0.0945. The average molecular weight is 494 g/mol. The van der Waals surface area contributed by atoms with E-state index in [2.05, 4.69) is 10.5 Å². The fourth-order valence-electron chi connectivity index (χ4n) is 2.51. The molecule has 164 valence electrons. The summed E-state index contributed by atoms with van der Waals surface area (Å²) in [4.78, 5) is 21.8. The highest BCUT2D eigenvalue weighted by atomic mass is 35.5. The largest absolute Gasteiger partial charge is 0.379 e. The number of carbonyl (C=O) groups is 1. The third-order valence-electron chi connectivity index (χ3n) is 3.96. The molecule has 0 aromatic heterocycles. The quantitative estimate of drug-likeness (QED) is 0.224. The second kappa shape index (κ2) is 9.77. The van der Waals surface area contributed by atoms with Crippen LogP contribution in [0.15, 0.2) is 76.7 Å². The van der Waals surface area contributed by atoms with Crippen molar-refractivity contribution in [3.63, 3.8) is 0 Å². The van der Waals surface area contributed by atoms with Gasteiger partial charge in [0.05, 0.1) is 21.2 Å². The fraction of sp³-hybridized carbons (Fsp3) is 0. The van der Waals surface area contributed by atoms with Crippen LogP contribution in [0.5, 0.6) is 5.75 Å². The first-order valence-corrected chi connectivity index (χ1v) is 10.9. The summed E-state index contributed by atoms with van der Waals surface area (Å²) in [6, 6.07) is 14.9. The number of nitro groups is 1. The van der Waals surface area contributed by atoms with Gasteiger partial charge < -0.3 is 4.18 Å². The number of benzene rings is 3. The molecular formula is C20H13Cl2N3O6S. The lowest BCUT2D eigenvalue weighted by molar-refractivity contribution is -0.387. The fourth-order valence-corrected chi connectivity index (χ4v) is 3.89. The molecule has 9 nitrogen and oxygen atoms in total. The van der Waals surface area contributed by atoms with Gasteiger partial charge in [-0.15, -0.1) is 0 Å². The minimum atomic E-state index is -4.46. The first-order chi connectivity index (χ1) is 15.2. The molecule has 0 aliphatic rings. The lowest BCUT2D eigenvalue weighted by atomic mass is 10.2. The van der Waals surface area contributed by atoms with Gasteiger partial charge in [-0.1, -0.05) is 47.5 Å². The molecule has 0 saturated heterocycles. The van der Waals surface area contributed by atoms with E-state index in [0.717, 1.165) is 12.1 Å². The van der Waals surface area contributed by atoms with Gasteiger partial charge in [0.15, 0.2) is 4.90 Å². The Morgan fingerprint density at radius 1 is 1.03 bits per heavy atom. The SMILES string of the molecule is O=C(N/N=C\c1cccc(OS(=O)(=O)c2ccccc2[N+](=O)[O-])c1)c1ccc(Cl)c(Cl)c1. The number of amides is 1. The number of nitro benzene ring substituents is 1. The van der Waals surface area contributed by atoms with Crippen molar-refractivity contribution in [2.75, 3.05) is 0 Å². The van der Waals surface area contributed by atoms with Crippen molar-refractivity contribution >= 4 is 51.1 Å². The normalized spacial score (nSPS) is 11.3. The Labute approximate surface area is 192 Å². The Bertz CT molecular complexity index is 1330. The summed E-state index contributed by atoms with van der Waals surface area (Å²) in [5.41, 5.74) is 2.34. The third kappa shape index (κ3) is 5.61. The lowest BCUT2D eigenvalue weighted by Gasteiger charge is -2.08. The summed E-state index contributed by atoms with van der Waals surface area (Å²) in [7, 11) is -4.46. The monoisotopic (exact) mass is 493 g/mol. The smallest absolute Gasteiger partial charge is 0.346 e. The highest BCUT2D eigenvalue weighted by Crippen LogP contribution is 2.26. The van der Waals surface area contributed by atoms with Crippen LogP contribution < -0.4 is 9.61 Å². The Morgan fingerprint density at radius 3 is 2.50 bits per heavy atom. The zero-order chi connectivity index (χ0) is 23.3. The molecule has 3 aromatic carbocycles. The Kier molecular flexibility index (Phi) is 7.08. The van der Waals surface area contributed by atoms with E-state index < -0.39 is 31.5 Å². The van der Waals surface area contributed by atoms with Gasteiger partial charge in [0.25, 0.3) is 11.6 Å². The van der Waals surface area contributed by atoms with Gasteiger partial charge in [-0.2, -0.15) is 13.5 Å². The molecule has 0 fully saturated rings. The maximum atomic E-state index is 12.5. The van der Waals surface area contributed by atoms with E-state index in [1.54, 1.807) is 6.07 Å². The molecular weight excluding hydrogens is 481 g/mol. The van der Waals surface area contributed by atoms with Crippen LogP contribution in [0, 0.1) is 10.1 Å². The van der Waals surface area contributed by atoms with Crippen LogP contribution in [0.4, 0.5) is 5.69 Å². The molecule has 0 saturated carbocycles. The van der Waals surface area contributed by atoms with E-state index in [-0.39, 0.29) is 16.3 Å². The number of hydrogen-bond donors (Lipinski definition) is 1. The van der Waals surface area contributed by atoms with E-state index in [1.807, 2.05) is 0 Å². The molecule has 0 heterocycles. The Balaban J connectivity index is 1.73. The standard InChI is InChI=1S/C20H13Cl2N3O6S/c21-16-9-8-14(11-17(16)22)20(26)24-23-12-13-4-3-5-15(10-13)31-32(29,30)19-7-2-1-6-18(19)25(27)28/h1-12H,(H,24,26)/b23-12-. The molecule has 0 aliphatic heterocycles. The van der Waals surface area contributed by atoms with Crippen molar-refractivity contribution in [2.24, 2.45) is 5.10 Å². The number of rotatable bonds is 7. The summed E-state index contributed by atoms with van der Waals surface area (Å²) >= 11 is 11.7. The molecule has 0 bridgehead atoms. The molecule has 0 atom stereocenters. The van der Waals surface area contributed by atoms with Crippen molar-refractivity contribution in [3.05, 3.63) is 98.0 Å². The van der Waals surface area contributed by atoms with Crippen molar-refractivity contribution in [1.82, 2.24) is 5.43 Å². The highest BCUT2D eigenvalue weighted by Gasteiger charge is 2.27. The summed E-state index contributed by atoms with van der Waals surface area (Å²) in [5, 5.41) is 15.4. The second-order valence-corrected chi connectivity index (χ2v) is 8.49. The summed E-state index contributed by atoms with van der Waals surface area (Å²) in [6.07, 6.45) is 1.26. The Morgan fingerprint density at radius 2 is 1.78 bits per heavy atom. The number of nitrogens with one attached hydrogen (secondary N) is 1. The topological polar surface area (TPSA) is 128 Å².